The summed E-state index contributed by atoms with van der Waals surface area (Å²) in [6.07, 6.45) is 0. The van der Waals surface area contributed by atoms with Crippen LogP contribution >= 0.6 is 0 Å². The summed E-state index contributed by atoms with van der Waals surface area (Å²) in [5, 5.41) is 7.11. The van der Waals surface area contributed by atoms with E-state index in [0.29, 0.717) is 0 Å². The Bertz CT molecular complexity index is 590. The Morgan fingerprint density at radius 1 is 1.33 bits per heavy atom. The molecular weight excluding hydrogens is 244 g/mol. The Hall–Kier alpha value is -2.31. The second kappa shape index (κ2) is 4.52. The van der Waals surface area contributed by atoms with Crippen LogP contribution < -0.4 is 0 Å². The van der Waals surface area contributed by atoms with E-state index in [-0.39, 0.29) is 17.1 Å². The van der Waals surface area contributed by atoms with Crippen molar-refractivity contribution in [2.24, 2.45) is 0 Å². The number of hydrogen-bond acceptors (Lipinski definition) is 4. The standard InChI is InChI=1S/C11H9F2N3O2/c1-6-9(11(17)18-2)14-15-16(6)10-7(12)4-3-5-8(10)13/h3-5H,1-2H3. The van der Waals surface area contributed by atoms with E-state index in [0.717, 1.165) is 16.8 Å². The van der Waals surface area contributed by atoms with Crippen molar-refractivity contribution < 1.29 is 18.3 Å². The maximum absolute atomic E-state index is 13.6. The molecule has 0 spiro atoms. The zero-order chi connectivity index (χ0) is 13.3. The van der Waals surface area contributed by atoms with Gasteiger partial charge in [0.05, 0.1) is 12.8 Å². The zero-order valence-electron chi connectivity index (χ0n) is 9.65. The molecule has 0 saturated carbocycles. The Kier molecular flexibility index (Phi) is 3.05. The molecule has 0 bridgehead atoms. The number of aromatic nitrogens is 3. The molecule has 2 rings (SSSR count). The van der Waals surface area contributed by atoms with Crippen molar-refractivity contribution in [3.63, 3.8) is 0 Å². The fraction of sp³-hybridized carbons (Fsp3) is 0.182. The molecule has 0 fully saturated rings. The SMILES string of the molecule is COC(=O)c1nnn(-c2c(F)cccc2F)c1C. The molecule has 0 aliphatic carbocycles. The van der Waals surface area contributed by atoms with Gasteiger partial charge in [0.2, 0.25) is 0 Å². The lowest BCUT2D eigenvalue weighted by molar-refractivity contribution is 0.0593. The molecule has 1 aromatic carbocycles. The molecule has 0 radical (unpaired) electrons. The van der Waals surface area contributed by atoms with Crippen LogP contribution in [-0.2, 0) is 4.74 Å². The van der Waals surface area contributed by atoms with E-state index in [2.05, 4.69) is 15.0 Å². The Labute approximate surface area is 101 Å². The minimum absolute atomic E-state index is 0.0832. The molecule has 0 atom stereocenters. The van der Waals surface area contributed by atoms with Gasteiger partial charge in [0.15, 0.2) is 17.3 Å². The van der Waals surface area contributed by atoms with Crippen molar-refractivity contribution in [2.45, 2.75) is 6.92 Å². The van der Waals surface area contributed by atoms with E-state index < -0.39 is 17.6 Å². The first kappa shape index (κ1) is 12.2. The summed E-state index contributed by atoms with van der Waals surface area (Å²) in [6, 6.07) is 3.43. The molecule has 0 aliphatic heterocycles. The van der Waals surface area contributed by atoms with Crippen LogP contribution in [0.5, 0.6) is 0 Å². The maximum atomic E-state index is 13.6. The van der Waals surface area contributed by atoms with Crippen molar-refractivity contribution in [3.05, 3.63) is 41.2 Å². The number of rotatable bonds is 2. The van der Waals surface area contributed by atoms with Gasteiger partial charge in [-0.25, -0.2) is 18.3 Å². The number of halogens is 2. The van der Waals surface area contributed by atoms with E-state index in [9.17, 15) is 13.6 Å². The summed E-state index contributed by atoms with van der Waals surface area (Å²) in [7, 11) is 1.18. The van der Waals surface area contributed by atoms with Gasteiger partial charge in [-0.15, -0.1) is 5.10 Å². The largest absolute Gasteiger partial charge is 0.464 e. The van der Waals surface area contributed by atoms with Crippen molar-refractivity contribution in [2.75, 3.05) is 7.11 Å². The number of nitrogens with zero attached hydrogens (tertiary/aromatic N) is 3. The highest BCUT2D eigenvalue weighted by atomic mass is 19.1. The lowest BCUT2D eigenvalue weighted by Crippen LogP contribution is -2.07. The number of carbonyl (C=O) groups is 1. The van der Waals surface area contributed by atoms with E-state index in [1.807, 2.05) is 0 Å². The van der Waals surface area contributed by atoms with Crippen molar-refractivity contribution in [1.29, 1.82) is 0 Å². The molecule has 1 heterocycles. The van der Waals surface area contributed by atoms with Crippen LogP contribution in [0.3, 0.4) is 0 Å². The predicted octanol–water partition coefficient (Wildman–Crippen LogP) is 1.64. The highest BCUT2D eigenvalue weighted by molar-refractivity contribution is 5.88. The second-order valence-corrected chi connectivity index (χ2v) is 3.50. The summed E-state index contributed by atoms with van der Waals surface area (Å²) in [4.78, 5) is 11.3. The van der Waals surface area contributed by atoms with Gasteiger partial charge in [0, 0.05) is 0 Å². The van der Waals surface area contributed by atoms with Crippen LogP contribution in [0.2, 0.25) is 0 Å². The molecule has 0 N–H and O–H groups in total. The fourth-order valence-electron chi connectivity index (χ4n) is 1.52. The summed E-state index contributed by atoms with van der Waals surface area (Å²) in [6.45, 7) is 1.47. The van der Waals surface area contributed by atoms with Crippen LogP contribution in [0, 0.1) is 18.6 Å². The van der Waals surface area contributed by atoms with Crippen LogP contribution in [0.15, 0.2) is 18.2 Å². The smallest absolute Gasteiger partial charge is 0.360 e. The topological polar surface area (TPSA) is 57.0 Å². The number of para-hydroxylation sites is 1. The first-order valence-electron chi connectivity index (χ1n) is 5.01. The maximum Gasteiger partial charge on any atom is 0.360 e. The van der Waals surface area contributed by atoms with Gasteiger partial charge >= 0.3 is 5.97 Å². The van der Waals surface area contributed by atoms with Crippen LogP contribution in [0.25, 0.3) is 5.69 Å². The first-order valence-corrected chi connectivity index (χ1v) is 5.01. The molecule has 0 unspecified atom stereocenters. The number of benzene rings is 1. The third-order valence-electron chi connectivity index (χ3n) is 2.42. The third kappa shape index (κ3) is 1.83. The Morgan fingerprint density at radius 3 is 2.50 bits per heavy atom. The molecule has 2 aromatic rings. The average Bonchev–Trinajstić information content (AvgIpc) is 2.71. The second-order valence-electron chi connectivity index (χ2n) is 3.50. The van der Waals surface area contributed by atoms with Crippen LogP contribution in [-0.4, -0.2) is 28.1 Å². The fourth-order valence-corrected chi connectivity index (χ4v) is 1.52. The molecule has 7 heteroatoms. The number of esters is 1. The summed E-state index contributed by atoms with van der Waals surface area (Å²) in [5.74, 6) is -2.30. The van der Waals surface area contributed by atoms with Gasteiger partial charge in [-0.1, -0.05) is 11.3 Å². The van der Waals surface area contributed by atoms with E-state index in [4.69, 9.17) is 0 Å². The molecule has 5 nitrogen and oxygen atoms in total. The summed E-state index contributed by atoms with van der Waals surface area (Å²) >= 11 is 0. The van der Waals surface area contributed by atoms with Gasteiger partial charge in [0.25, 0.3) is 0 Å². The number of ether oxygens (including phenoxy) is 1. The van der Waals surface area contributed by atoms with E-state index >= 15 is 0 Å². The highest BCUT2D eigenvalue weighted by Crippen LogP contribution is 2.19. The molecular formula is C11H9F2N3O2. The lowest BCUT2D eigenvalue weighted by atomic mass is 10.2. The molecule has 0 amide bonds. The van der Waals surface area contributed by atoms with Gasteiger partial charge in [-0.2, -0.15) is 0 Å². The highest BCUT2D eigenvalue weighted by Gasteiger charge is 2.21. The molecule has 94 valence electrons. The third-order valence-corrected chi connectivity index (χ3v) is 2.42. The number of carbonyl (C=O) groups excluding carboxylic acids is 1. The number of methoxy groups -OCH3 is 1. The number of hydrogen-bond donors (Lipinski definition) is 0. The Balaban J connectivity index is 2.60. The minimum atomic E-state index is -0.792. The van der Waals surface area contributed by atoms with Gasteiger partial charge in [0.1, 0.15) is 5.69 Å². The molecule has 0 aliphatic rings. The van der Waals surface area contributed by atoms with Crippen molar-refractivity contribution >= 4 is 5.97 Å². The van der Waals surface area contributed by atoms with Crippen molar-refractivity contribution in [1.82, 2.24) is 15.0 Å². The van der Waals surface area contributed by atoms with E-state index in [1.165, 1.54) is 20.1 Å². The van der Waals surface area contributed by atoms with Gasteiger partial charge in [-0.05, 0) is 19.1 Å². The monoisotopic (exact) mass is 253 g/mol. The van der Waals surface area contributed by atoms with Gasteiger partial charge < -0.3 is 4.74 Å². The van der Waals surface area contributed by atoms with Crippen LogP contribution in [0.1, 0.15) is 16.2 Å². The molecule has 18 heavy (non-hydrogen) atoms. The predicted molar refractivity (Wildman–Crippen MR) is 57.4 cm³/mol. The Morgan fingerprint density at radius 2 is 1.94 bits per heavy atom. The van der Waals surface area contributed by atoms with Gasteiger partial charge in [-0.3, -0.25) is 0 Å². The summed E-state index contributed by atoms with van der Waals surface area (Å²) < 4.78 is 32.5. The quantitative estimate of drug-likeness (QED) is 0.763. The lowest BCUT2D eigenvalue weighted by Gasteiger charge is -2.05. The summed E-state index contributed by atoms with van der Waals surface area (Å²) in [5.41, 5.74) is -0.261. The average molecular weight is 253 g/mol. The van der Waals surface area contributed by atoms with Crippen LogP contribution in [0.4, 0.5) is 8.78 Å². The molecule has 1 aromatic heterocycles. The normalized spacial score (nSPS) is 10.4. The minimum Gasteiger partial charge on any atom is -0.464 e. The van der Waals surface area contributed by atoms with E-state index in [1.54, 1.807) is 0 Å². The first-order chi connectivity index (χ1) is 8.56. The zero-order valence-corrected chi connectivity index (χ0v) is 9.65. The molecule has 0 saturated heterocycles. The van der Waals surface area contributed by atoms with Crippen molar-refractivity contribution in [3.8, 4) is 5.69 Å².